The Balaban J connectivity index is 1.41. The molecule has 0 saturated carbocycles. The van der Waals surface area contributed by atoms with Gasteiger partial charge in [-0.3, -0.25) is 14.6 Å². The first-order valence-electron chi connectivity index (χ1n) is 8.29. The van der Waals surface area contributed by atoms with Crippen molar-refractivity contribution in [2.24, 2.45) is 7.05 Å². The van der Waals surface area contributed by atoms with Gasteiger partial charge in [-0.1, -0.05) is 11.8 Å². The minimum Gasteiger partial charge on any atom is -0.455 e. The summed E-state index contributed by atoms with van der Waals surface area (Å²) in [5.41, 5.74) is 0.620. The number of pyridine rings is 1. The molecule has 3 heterocycles. The minimum absolute atomic E-state index is 0.156. The molecule has 3 rings (SSSR count). The maximum atomic E-state index is 12.1. The topological polar surface area (TPSA) is 102 Å². The van der Waals surface area contributed by atoms with Gasteiger partial charge in [0, 0.05) is 38.6 Å². The molecule has 140 valence electrons. The lowest BCUT2D eigenvalue weighted by Crippen LogP contribution is -2.27. The van der Waals surface area contributed by atoms with Gasteiger partial charge in [0.2, 0.25) is 5.91 Å². The molecule has 0 aromatic carbocycles. The molecule has 9 heteroatoms. The number of aromatic nitrogens is 3. The van der Waals surface area contributed by atoms with Gasteiger partial charge in [0.25, 0.3) is 5.91 Å². The van der Waals surface area contributed by atoms with Crippen LogP contribution in [0.2, 0.25) is 0 Å². The Labute approximate surface area is 160 Å². The molecule has 0 unspecified atom stereocenters. The quantitative estimate of drug-likeness (QED) is 0.578. The third kappa shape index (κ3) is 5.45. The van der Waals surface area contributed by atoms with Crippen molar-refractivity contribution in [1.29, 1.82) is 0 Å². The van der Waals surface area contributed by atoms with Gasteiger partial charge in [-0.2, -0.15) is 0 Å². The highest BCUT2D eigenvalue weighted by molar-refractivity contribution is 7.98. The highest BCUT2D eigenvalue weighted by Gasteiger charge is 2.12. The standard InChI is InChI=1S/C18H19N5O3S/c1-23-10-9-21-18(23)27-12-14-4-5-15(26-14)17(25)20-8-6-16(24)22-13-3-2-7-19-11-13/h2-5,7,9-11H,6,8,12H2,1H3,(H,20,25)(H,22,24). The number of aryl methyl sites for hydroxylation is 1. The summed E-state index contributed by atoms with van der Waals surface area (Å²) in [7, 11) is 1.92. The summed E-state index contributed by atoms with van der Waals surface area (Å²) >= 11 is 1.52. The Kier molecular flexibility index (Phi) is 6.26. The van der Waals surface area contributed by atoms with Crippen LogP contribution < -0.4 is 10.6 Å². The fourth-order valence-electron chi connectivity index (χ4n) is 2.24. The van der Waals surface area contributed by atoms with E-state index in [9.17, 15) is 9.59 Å². The third-order valence-electron chi connectivity index (χ3n) is 3.59. The molecular weight excluding hydrogens is 366 g/mol. The highest BCUT2D eigenvalue weighted by Crippen LogP contribution is 2.21. The van der Waals surface area contributed by atoms with E-state index in [-0.39, 0.29) is 30.5 Å². The molecule has 8 nitrogen and oxygen atoms in total. The number of anilines is 1. The van der Waals surface area contributed by atoms with E-state index in [1.54, 1.807) is 42.9 Å². The van der Waals surface area contributed by atoms with Crippen LogP contribution >= 0.6 is 11.8 Å². The molecule has 2 amide bonds. The van der Waals surface area contributed by atoms with E-state index >= 15 is 0 Å². The average molecular weight is 385 g/mol. The van der Waals surface area contributed by atoms with Gasteiger partial charge < -0.3 is 19.6 Å². The van der Waals surface area contributed by atoms with E-state index in [1.807, 2.05) is 17.8 Å². The van der Waals surface area contributed by atoms with Crippen molar-refractivity contribution in [3.63, 3.8) is 0 Å². The molecule has 0 aliphatic carbocycles. The molecule has 0 aliphatic heterocycles. The maximum Gasteiger partial charge on any atom is 0.287 e. The van der Waals surface area contributed by atoms with Crippen LogP contribution in [-0.2, 0) is 17.6 Å². The summed E-state index contributed by atoms with van der Waals surface area (Å²) in [6, 6.07) is 6.87. The molecule has 0 spiro atoms. The fourth-order valence-corrected chi connectivity index (χ4v) is 3.07. The number of furan rings is 1. The summed E-state index contributed by atoms with van der Waals surface area (Å²) in [5, 5.41) is 6.25. The number of hydrogen-bond donors (Lipinski definition) is 2. The average Bonchev–Trinajstić information content (AvgIpc) is 3.29. The van der Waals surface area contributed by atoms with Gasteiger partial charge >= 0.3 is 0 Å². The number of amides is 2. The van der Waals surface area contributed by atoms with E-state index < -0.39 is 0 Å². The van der Waals surface area contributed by atoms with Crippen molar-refractivity contribution in [2.45, 2.75) is 17.3 Å². The van der Waals surface area contributed by atoms with Crippen molar-refractivity contribution in [3.05, 3.63) is 60.6 Å². The zero-order valence-electron chi connectivity index (χ0n) is 14.7. The first kappa shape index (κ1) is 18.7. The molecule has 3 aromatic heterocycles. The second-order valence-corrected chi connectivity index (χ2v) is 6.61. The van der Waals surface area contributed by atoms with Crippen molar-refractivity contribution >= 4 is 29.3 Å². The Morgan fingerprint density at radius 2 is 2.15 bits per heavy atom. The molecular formula is C18H19N5O3S. The van der Waals surface area contributed by atoms with E-state index in [4.69, 9.17) is 4.42 Å². The number of nitrogens with zero attached hydrogens (tertiary/aromatic N) is 3. The molecule has 0 saturated heterocycles. The predicted molar refractivity (Wildman–Crippen MR) is 101 cm³/mol. The second-order valence-electron chi connectivity index (χ2n) is 5.67. The summed E-state index contributed by atoms with van der Waals surface area (Å²) in [6.07, 6.45) is 6.94. The smallest absolute Gasteiger partial charge is 0.287 e. The van der Waals surface area contributed by atoms with E-state index in [0.717, 1.165) is 5.16 Å². The highest BCUT2D eigenvalue weighted by atomic mass is 32.2. The van der Waals surface area contributed by atoms with Crippen LogP contribution in [0.15, 0.2) is 58.6 Å². The Hall–Kier alpha value is -3.07. The van der Waals surface area contributed by atoms with Crippen molar-refractivity contribution < 1.29 is 14.0 Å². The Bertz CT molecular complexity index is 907. The Morgan fingerprint density at radius 3 is 2.89 bits per heavy atom. The molecule has 0 fully saturated rings. The lowest BCUT2D eigenvalue weighted by molar-refractivity contribution is -0.116. The number of hydrogen-bond acceptors (Lipinski definition) is 6. The van der Waals surface area contributed by atoms with Crippen LogP contribution in [0, 0.1) is 0 Å². The minimum atomic E-state index is -0.350. The summed E-state index contributed by atoms with van der Waals surface area (Å²) in [4.78, 5) is 32.1. The number of rotatable bonds is 8. The van der Waals surface area contributed by atoms with Crippen molar-refractivity contribution in [3.8, 4) is 0 Å². The van der Waals surface area contributed by atoms with E-state index in [1.165, 1.54) is 11.8 Å². The van der Waals surface area contributed by atoms with Gasteiger partial charge in [0.15, 0.2) is 10.9 Å². The fraction of sp³-hybridized carbons (Fsp3) is 0.222. The predicted octanol–water partition coefficient (Wildman–Crippen LogP) is 2.46. The second kappa shape index (κ2) is 9.04. The normalized spacial score (nSPS) is 10.6. The summed E-state index contributed by atoms with van der Waals surface area (Å²) in [6.45, 7) is 0.211. The van der Waals surface area contributed by atoms with Crippen LogP contribution in [0.25, 0.3) is 0 Å². The van der Waals surface area contributed by atoms with Gasteiger partial charge in [-0.25, -0.2) is 4.98 Å². The lowest BCUT2D eigenvalue weighted by atomic mass is 10.3. The first-order chi connectivity index (χ1) is 13.1. The van der Waals surface area contributed by atoms with Gasteiger partial charge in [-0.15, -0.1) is 0 Å². The number of nitrogens with one attached hydrogen (secondary N) is 2. The molecule has 3 aromatic rings. The maximum absolute atomic E-state index is 12.1. The SMILES string of the molecule is Cn1ccnc1SCc1ccc(C(=O)NCCC(=O)Nc2cccnc2)o1. The molecule has 0 bridgehead atoms. The Morgan fingerprint density at radius 1 is 1.26 bits per heavy atom. The zero-order valence-corrected chi connectivity index (χ0v) is 15.5. The molecule has 0 radical (unpaired) electrons. The van der Waals surface area contributed by atoms with Crippen molar-refractivity contribution in [1.82, 2.24) is 19.9 Å². The lowest BCUT2D eigenvalue weighted by Gasteiger charge is -2.05. The zero-order chi connectivity index (χ0) is 19.1. The number of carbonyl (C=O) groups is 2. The van der Waals surface area contributed by atoms with Crippen LogP contribution in [-0.4, -0.2) is 32.9 Å². The summed E-state index contributed by atoms with van der Waals surface area (Å²) < 4.78 is 7.47. The van der Waals surface area contributed by atoms with Crippen LogP contribution in [0.5, 0.6) is 0 Å². The number of imidazole rings is 1. The number of thioether (sulfide) groups is 1. The third-order valence-corrected chi connectivity index (χ3v) is 4.67. The number of carbonyl (C=O) groups excluding carboxylic acids is 2. The molecule has 27 heavy (non-hydrogen) atoms. The summed E-state index contributed by atoms with van der Waals surface area (Å²) in [5.74, 6) is 0.930. The van der Waals surface area contributed by atoms with Gasteiger partial charge in [-0.05, 0) is 24.3 Å². The largest absolute Gasteiger partial charge is 0.455 e. The van der Waals surface area contributed by atoms with Gasteiger partial charge in [0.05, 0.1) is 17.6 Å². The van der Waals surface area contributed by atoms with Crippen molar-refractivity contribution in [2.75, 3.05) is 11.9 Å². The van der Waals surface area contributed by atoms with Gasteiger partial charge in [0.1, 0.15) is 5.76 Å². The van der Waals surface area contributed by atoms with Crippen LogP contribution in [0.4, 0.5) is 5.69 Å². The van der Waals surface area contributed by atoms with E-state index in [0.29, 0.717) is 17.2 Å². The molecule has 0 atom stereocenters. The molecule has 2 N–H and O–H groups in total. The van der Waals surface area contributed by atoms with E-state index in [2.05, 4.69) is 20.6 Å². The monoisotopic (exact) mass is 385 g/mol. The molecule has 0 aliphatic rings. The first-order valence-corrected chi connectivity index (χ1v) is 9.27. The van der Waals surface area contributed by atoms with Crippen LogP contribution in [0.3, 0.4) is 0 Å². The van der Waals surface area contributed by atoms with Crippen LogP contribution in [0.1, 0.15) is 22.7 Å².